The number of rotatable bonds is 7. The molecule has 0 fully saturated rings. The number of hydrogen-bond donors (Lipinski definition) is 0. The molecular formula is C75H46N8. The number of aromatic nitrogens is 8. The van der Waals surface area contributed by atoms with Crippen LogP contribution in [0.5, 0.6) is 0 Å². The largest absolute Gasteiger partial charge is 0.309 e. The molecule has 0 spiro atoms. The Kier molecular flexibility index (Phi) is 9.64. The van der Waals surface area contributed by atoms with Crippen LogP contribution in [-0.4, -0.2) is 37.8 Å². The van der Waals surface area contributed by atoms with Gasteiger partial charge in [-0.15, -0.1) is 0 Å². The van der Waals surface area contributed by atoms with Crippen LogP contribution in [0.3, 0.4) is 0 Å². The van der Waals surface area contributed by atoms with Gasteiger partial charge in [-0.1, -0.05) is 146 Å². The zero-order valence-electron chi connectivity index (χ0n) is 44.6. The molecule has 0 unspecified atom stereocenters. The van der Waals surface area contributed by atoms with Crippen molar-refractivity contribution in [3.63, 3.8) is 0 Å². The summed E-state index contributed by atoms with van der Waals surface area (Å²) in [4.78, 5) is 16.0. The zero-order chi connectivity index (χ0) is 54.3. The van der Waals surface area contributed by atoms with E-state index in [2.05, 4.69) is 302 Å². The van der Waals surface area contributed by atoms with Crippen molar-refractivity contribution in [2.45, 2.75) is 0 Å². The van der Waals surface area contributed by atoms with E-state index in [1.54, 1.807) is 0 Å². The highest BCUT2D eigenvalue weighted by Gasteiger charge is 2.22. The summed E-state index contributed by atoms with van der Waals surface area (Å²) in [5, 5.41) is 12.0. The van der Waals surface area contributed by atoms with Gasteiger partial charge in [-0.2, -0.15) is 9.97 Å². The maximum Gasteiger partial charge on any atom is 0.238 e. The zero-order valence-corrected chi connectivity index (χ0v) is 44.6. The van der Waals surface area contributed by atoms with Gasteiger partial charge in [0.1, 0.15) is 0 Å². The van der Waals surface area contributed by atoms with Crippen LogP contribution in [0.2, 0.25) is 0 Å². The van der Waals surface area contributed by atoms with Gasteiger partial charge in [-0.3, -0.25) is 4.57 Å². The molecule has 83 heavy (non-hydrogen) atoms. The second-order valence-corrected chi connectivity index (χ2v) is 21.6. The highest BCUT2D eigenvalue weighted by atomic mass is 15.2. The average molecular weight is 1060 g/mol. The van der Waals surface area contributed by atoms with E-state index in [-0.39, 0.29) is 0 Å². The van der Waals surface area contributed by atoms with E-state index in [1.807, 2.05) is 0 Å². The van der Waals surface area contributed by atoms with Gasteiger partial charge in [0, 0.05) is 87.7 Å². The molecule has 0 amide bonds. The van der Waals surface area contributed by atoms with Crippen LogP contribution in [0.15, 0.2) is 279 Å². The van der Waals surface area contributed by atoms with Gasteiger partial charge < -0.3 is 18.3 Å². The van der Waals surface area contributed by atoms with E-state index in [0.717, 1.165) is 77.7 Å². The Bertz CT molecular complexity index is 5240. The Morgan fingerprint density at radius 2 is 0.410 bits per heavy atom. The van der Waals surface area contributed by atoms with Gasteiger partial charge in [0.25, 0.3) is 0 Å². The number of nitrogens with zero attached hydrogens (tertiary/aromatic N) is 8. The summed E-state index contributed by atoms with van der Waals surface area (Å²) in [6.45, 7) is 0. The van der Waals surface area contributed by atoms with Crippen molar-refractivity contribution in [3.05, 3.63) is 279 Å². The quantitative estimate of drug-likeness (QED) is 0.160. The van der Waals surface area contributed by atoms with Crippen LogP contribution in [0.4, 0.5) is 0 Å². The smallest absolute Gasteiger partial charge is 0.238 e. The van der Waals surface area contributed by atoms with Crippen molar-refractivity contribution in [3.8, 4) is 51.5 Å². The molecule has 6 heterocycles. The van der Waals surface area contributed by atoms with Crippen LogP contribution >= 0.6 is 0 Å². The lowest BCUT2D eigenvalue weighted by Crippen LogP contribution is -2.06. The summed E-state index contributed by atoms with van der Waals surface area (Å²) in [6, 6.07) is 100. The molecule has 6 aromatic heterocycles. The van der Waals surface area contributed by atoms with Crippen molar-refractivity contribution in [2.24, 2.45) is 0 Å². The lowest BCUT2D eigenvalue weighted by Gasteiger charge is -2.13. The molecule has 0 bridgehead atoms. The molecule has 0 aliphatic carbocycles. The number of hydrogen-bond acceptors (Lipinski definition) is 3. The lowest BCUT2D eigenvalue weighted by molar-refractivity contribution is 0.953. The van der Waals surface area contributed by atoms with Crippen LogP contribution in [-0.2, 0) is 0 Å². The summed E-state index contributed by atoms with van der Waals surface area (Å²) in [5.74, 6) is 1.72. The van der Waals surface area contributed by atoms with Crippen LogP contribution in [0, 0.1) is 0 Å². The third-order valence-corrected chi connectivity index (χ3v) is 17.2. The second kappa shape index (κ2) is 17.6. The first-order chi connectivity index (χ1) is 41.2. The van der Waals surface area contributed by atoms with Gasteiger partial charge in [-0.05, 0) is 133 Å². The maximum absolute atomic E-state index is 5.35. The highest BCUT2D eigenvalue weighted by Crippen LogP contribution is 2.41. The molecule has 0 radical (unpaired) electrons. The maximum atomic E-state index is 5.35. The molecule has 18 rings (SSSR count). The molecular weight excluding hydrogens is 1010 g/mol. The Morgan fingerprint density at radius 3 is 0.711 bits per heavy atom. The summed E-state index contributed by atoms with van der Waals surface area (Å²) < 4.78 is 11.7. The second-order valence-electron chi connectivity index (χ2n) is 21.6. The van der Waals surface area contributed by atoms with E-state index in [0.29, 0.717) is 17.6 Å². The van der Waals surface area contributed by atoms with Crippen molar-refractivity contribution < 1.29 is 0 Å². The molecule has 0 aliphatic heterocycles. The molecule has 12 aromatic carbocycles. The van der Waals surface area contributed by atoms with Crippen molar-refractivity contribution in [2.75, 3.05) is 0 Å². The first kappa shape index (κ1) is 45.5. The molecule has 0 atom stereocenters. The average Bonchev–Trinajstić information content (AvgIpc) is 3.92. The minimum absolute atomic E-state index is 0.554. The van der Waals surface area contributed by atoms with E-state index < -0.39 is 0 Å². The summed E-state index contributed by atoms with van der Waals surface area (Å²) in [6.07, 6.45) is 0. The molecule has 8 heteroatoms. The van der Waals surface area contributed by atoms with Crippen molar-refractivity contribution in [1.29, 1.82) is 0 Å². The third-order valence-electron chi connectivity index (χ3n) is 17.2. The lowest BCUT2D eigenvalue weighted by atomic mass is 10.1. The Labute approximate surface area is 474 Å². The third kappa shape index (κ3) is 6.72. The van der Waals surface area contributed by atoms with E-state index >= 15 is 0 Å². The first-order valence-electron chi connectivity index (χ1n) is 28.2. The fourth-order valence-corrected chi connectivity index (χ4v) is 13.5. The van der Waals surface area contributed by atoms with Crippen LogP contribution in [0.25, 0.3) is 161 Å². The molecule has 386 valence electrons. The first-order valence-corrected chi connectivity index (χ1v) is 28.2. The molecule has 8 nitrogen and oxygen atoms in total. The fraction of sp³-hybridized carbons (Fsp3) is 0. The molecule has 0 aliphatic rings. The fourth-order valence-electron chi connectivity index (χ4n) is 13.5. The standard InChI is InChI=1S/C75H46N8/c1-9-25-63-53(17-1)54-18-2-10-26-64(54)81(63)51-41-43-71-61(45-51)59-23-7-13-29-67(59)79(71)49-37-33-47(34-38-49)73-76-74(78-75(77-73)83-69-31-15-5-21-57(69)58-22-6-16-32-70(58)83)48-35-39-50(40-36-48)80-68-30-14-8-24-60(68)62-46-52(42-44-72(62)80)82-65-27-11-3-19-55(65)56-20-4-12-28-66(56)82/h1-46H. The Hall–Kier alpha value is -11.4. The Morgan fingerprint density at radius 1 is 0.181 bits per heavy atom. The summed E-state index contributed by atoms with van der Waals surface area (Å²) in [7, 11) is 0. The minimum Gasteiger partial charge on any atom is -0.309 e. The van der Waals surface area contributed by atoms with E-state index in [9.17, 15) is 0 Å². The number of benzene rings is 12. The molecule has 0 saturated carbocycles. The van der Waals surface area contributed by atoms with Gasteiger partial charge >= 0.3 is 0 Å². The normalized spacial score (nSPS) is 12.1. The van der Waals surface area contributed by atoms with Gasteiger partial charge in [0.15, 0.2) is 11.6 Å². The van der Waals surface area contributed by atoms with E-state index in [4.69, 9.17) is 15.0 Å². The molecule has 0 saturated heterocycles. The Balaban J connectivity index is 0.761. The van der Waals surface area contributed by atoms with Crippen molar-refractivity contribution in [1.82, 2.24) is 37.8 Å². The topological polar surface area (TPSA) is 63.3 Å². The van der Waals surface area contributed by atoms with E-state index in [1.165, 1.54) is 65.2 Å². The monoisotopic (exact) mass is 1060 g/mol. The SMILES string of the molecule is c1ccc2c(c1)c1ccccc1n2-c1ccc2c(c1)c1ccccc1n2-c1ccc(-c2nc(-c3ccc(-n4c5ccccc5c5cc(-n6c7ccccc7c7ccccc76)ccc54)cc3)nc(-n3c4ccccc4c4ccccc43)n2)cc1. The number of para-hydroxylation sites is 8. The highest BCUT2D eigenvalue weighted by molar-refractivity contribution is 6.14. The predicted octanol–water partition coefficient (Wildman–Crippen LogP) is 18.7. The van der Waals surface area contributed by atoms with Crippen LogP contribution < -0.4 is 0 Å². The summed E-state index contributed by atoms with van der Waals surface area (Å²) in [5.41, 5.74) is 17.5. The number of fused-ring (bicyclic) bond motifs is 15. The van der Waals surface area contributed by atoms with Gasteiger partial charge in [0.2, 0.25) is 5.95 Å². The van der Waals surface area contributed by atoms with Gasteiger partial charge in [-0.25, -0.2) is 4.98 Å². The minimum atomic E-state index is 0.554. The summed E-state index contributed by atoms with van der Waals surface area (Å²) >= 11 is 0. The molecule has 18 aromatic rings. The molecule has 0 N–H and O–H groups in total. The van der Waals surface area contributed by atoms with Crippen molar-refractivity contribution >= 4 is 109 Å². The van der Waals surface area contributed by atoms with Gasteiger partial charge in [0.05, 0.1) is 55.2 Å². The van der Waals surface area contributed by atoms with Crippen LogP contribution in [0.1, 0.15) is 0 Å². The predicted molar refractivity (Wildman–Crippen MR) is 342 cm³/mol.